The van der Waals surface area contributed by atoms with Crippen molar-refractivity contribution < 1.29 is 14.3 Å². The minimum atomic E-state index is -0.513. The number of carbonyl (C=O) groups is 2. The Morgan fingerprint density at radius 3 is 2.15 bits per heavy atom. The maximum atomic E-state index is 12.3. The summed E-state index contributed by atoms with van der Waals surface area (Å²) in [7, 11) is 0. The number of carbonyl (C=O) groups excluding carboxylic acids is 2. The van der Waals surface area contributed by atoms with E-state index >= 15 is 0 Å². The molecule has 1 aliphatic carbocycles. The average Bonchev–Trinajstić information content (AvgIpc) is 2.68. The molecule has 3 rings (SSSR count). The largest absolute Gasteiger partial charge is 0.493 e. The van der Waals surface area contributed by atoms with Crippen molar-refractivity contribution in [3.8, 4) is 5.75 Å². The highest BCUT2D eigenvalue weighted by atomic mass is 16.5. The normalized spacial score (nSPS) is 14.6. The van der Waals surface area contributed by atoms with E-state index in [1.165, 1.54) is 32.1 Å². The summed E-state index contributed by atoms with van der Waals surface area (Å²) in [5, 5.41) is 2.83. The number of anilines is 1. The fourth-order valence-corrected chi connectivity index (χ4v) is 3.19. The van der Waals surface area contributed by atoms with Crippen LogP contribution in [0, 0.1) is 5.92 Å². The van der Waals surface area contributed by atoms with Gasteiger partial charge in [-0.1, -0.05) is 19.3 Å². The van der Waals surface area contributed by atoms with E-state index in [1.807, 2.05) is 24.3 Å². The summed E-state index contributed by atoms with van der Waals surface area (Å²) < 4.78 is 5.87. The summed E-state index contributed by atoms with van der Waals surface area (Å²) >= 11 is 0. The van der Waals surface area contributed by atoms with Crippen molar-refractivity contribution in [1.29, 1.82) is 0 Å². The van der Waals surface area contributed by atoms with Gasteiger partial charge in [-0.2, -0.15) is 0 Å². The number of nitrogens with one attached hydrogen (secondary N) is 1. The summed E-state index contributed by atoms with van der Waals surface area (Å²) in [5.41, 5.74) is 6.73. The van der Waals surface area contributed by atoms with Gasteiger partial charge in [-0.05, 0) is 67.3 Å². The van der Waals surface area contributed by atoms with Crippen LogP contribution >= 0.6 is 0 Å². The highest BCUT2D eigenvalue weighted by Crippen LogP contribution is 2.25. The minimum absolute atomic E-state index is 0.239. The molecule has 0 spiro atoms. The van der Waals surface area contributed by atoms with Crippen molar-refractivity contribution in [3.05, 3.63) is 59.7 Å². The van der Waals surface area contributed by atoms with E-state index in [1.54, 1.807) is 24.3 Å². The average molecular weight is 352 g/mol. The Hall–Kier alpha value is -2.82. The van der Waals surface area contributed by atoms with Gasteiger partial charge in [0.15, 0.2) is 0 Å². The van der Waals surface area contributed by atoms with Crippen LogP contribution in [0.15, 0.2) is 48.5 Å². The molecule has 0 radical (unpaired) electrons. The molecule has 0 unspecified atom stereocenters. The molecular formula is C21H24N2O3. The second kappa shape index (κ2) is 8.52. The Morgan fingerprint density at radius 1 is 0.923 bits per heavy atom. The maximum absolute atomic E-state index is 12.3. The van der Waals surface area contributed by atoms with Crippen LogP contribution in [0.2, 0.25) is 0 Å². The summed E-state index contributed by atoms with van der Waals surface area (Å²) in [6.07, 6.45) is 6.46. The predicted molar refractivity (Wildman–Crippen MR) is 101 cm³/mol. The topological polar surface area (TPSA) is 81.4 Å². The van der Waals surface area contributed by atoms with Crippen molar-refractivity contribution in [1.82, 2.24) is 0 Å². The van der Waals surface area contributed by atoms with Crippen LogP contribution in [-0.2, 0) is 0 Å². The van der Waals surface area contributed by atoms with Crippen molar-refractivity contribution in [3.63, 3.8) is 0 Å². The van der Waals surface area contributed by atoms with Crippen LogP contribution in [-0.4, -0.2) is 18.4 Å². The third-order valence-corrected chi connectivity index (χ3v) is 4.75. The zero-order chi connectivity index (χ0) is 18.4. The first-order chi connectivity index (χ1) is 12.6. The standard InChI is InChI=1S/C21H24N2O3/c22-20(24)16-6-8-17(9-7-16)21(25)23-18-10-12-19(13-11-18)26-14-15-4-2-1-3-5-15/h6-13,15H,1-5,14H2,(H2,22,24)(H,23,25). The van der Waals surface area contributed by atoms with Crippen LogP contribution in [0.5, 0.6) is 5.75 Å². The van der Waals surface area contributed by atoms with E-state index in [2.05, 4.69) is 5.32 Å². The lowest BCUT2D eigenvalue weighted by molar-refractivity contribution is 0.0995. The molecule has 3 N–H and O–H groups in total. The van der Waals surface area contributed by atoms with Crippen molar-refractivity contribution in [2.45, 2.75) is 32.1 Å². The molecule has 1 aliphatic rings. The maximum Gasteiger partial charge on any atom is 0.255 e. The van der Waals surface area contributed by atoms with E-state index in [0.717, 1.165) is 12.4 Å². The van der Waals surface area contributed by atoms with Gasteiger partial charge in [-0.25, -0.2) is 0 Å². The van der Waals surface area contributed by atoms with E-state index in [4.69, 9.17) is 10.5 Å². The third kappa shape index (κ3) is 4.85. The number of hydrogen-bond acceptors (Lipinski definition) is 3. The zero-order valence-corrected chi connectivity index (χ0v) is 14.7. The lowest BCUT2D eigenvalue weighted by atomic mass is 9.90. The van der Waals surface area contributed by atoms with Crippen LogP contribution in [0.4, 0.5) is 5.69 Å². The number of ether oxygens (including phenoxy) is 1. The summed E-state index contributed by atoms with van der Waals surface area (Å²) in [6, 6.07) is 13.6. The number of primary amides is 1. The Morgan fingerprint density at radius 2 is 1.54 bits per heavy atom. The summed E-state index contributed by atoms with van der Waals surface area (Å²) in [4.78, 5) is 23.3. The first-order valence-electron chi connectivity index (χ1n) is 9.06. The van der Waals surface area contributed by atoms with Crippen LogP contribution in [0.25, 0.3) is 0 Å². The van der Waals surface area contributed by atoms with Gasteiger partial charge in [-0.3, -0.25) is 9.59 Å². The molecule has 0 aromatic heterocycles. The quantitative estimate of drug-likeness (QED) is 0.824. The lowest BCUT2D eigenvalue weighted by Gasteiger charge is -2.21. The molecule has 0 aliphatic heterocycles. The minimum Gasteiger partial charge on any atom is -0.493 e. The van der Waals surface area contributed by atoms with E-state index in [9.17, 15) is 9.59 Å². The molecule has 1 saturated carbocycles. The summed E-state index contributed by atoms with van der Waals surface area (Å²) in [5.74, 6) is 0.726. The molecule has 136 valence electrons. The van der Waals surface area contributed by atoms with E-state index in [0.29, 0.717) is 22.7 Å². The second-order valence-corrected chi connectivity index (χ2v) is 6.74. The van der Waals surface area contributed by atoms with Gasteiger partial charge in [0.05, 0.1) is 6.61 Å². The van der Waals surface area contributed by atoms with Gasteiger partial charge in [0.25, 0.3) is 5.91 Å². The van der Waals surface area contributed by atoms with Gasteiger partial charge in [0.1, 0.15) is 5.75 Å². The smallest absolute Gasteiger partial charge is 0.255 e. The van der Waals surface area contributed by atoms with Crippen LogP contribution < -0.4 is 15.8 Å². The number of benzene rings is 2. The molecule has 2 aromatic rings. The fourth-order valence-electron chi connectivity index (χ4n) is 3.19. The monoisotopic (exact) mass is 352 g/mol. The number of amides is 2. The number of hydrogen-bond donors (Lipinski definition) is 2. The lowest BCUT2D eigenvalue weighted by Crippen LogP contribution is -2.15. The SMILES string of the molecule is NC(=O)c1ccc(C(=O)Nc2ccc(OCC3CCCCC3)cc2)cc1. The molecule has 0 saturated heterocycles. The third-order valence-electron chi connectivity index (χ3n) is 4.75. The van der Waals surface area contributed by atoms with Crippen molar-refractivity contribution in [2.75, 3.05) is 11.9 Å². The Labute approximate surface area is 153 Å². The van der Waals surface area contributed by atoms with E-state index in [-0.39, 0.29) is 5.91 Å². The van der Waals surface area contributed by atoms with Crippen LogP contribution in [0.1, 0.15) is 52.8 Å². The second-order valence-electron chi connectivity index (χ2n) is 6.74. The molecule has 1 fully saturated rings. The highest BCUT2D eigenvalue weighted by Gasteiger charge is 2.14. The highest BCUT2D eigenvalue weighted by molar-refractivity contribution is 6.05. The number of nitrogens with two attached hydrogens (primary N) is 1. The van der Waals surface area contributed by atoms with Crippen molar-refractivity contribution >= 4 is 17.5 Å². The molecule has 0 heterocycles. The first kappa shape index (κ1) is 18.0. The Kier molecular flexibility index (Phi) is 5.89. The number of rotatable bonds is 6. The van der Waals surface area contributed by atoms with Gasteiger partial charge in [0, 0.05) is 16.8 Å². The Balaban J connectivity index is 1.53. The van der Waals surface area contributed by atoms with Gasteiger partial charge in [0.2, 0.25) is 5.91 Å². The molecule has 0 atom stereocenters. The van der Waals surface area contributed by atoms with E-state index < -0.39 is 5.91 Å². The molecule has 5 nitrogen and oxygen atoms in total. The Bertz CT molecular complexity index is 748. The van der Waals surface area contributed by atoms with Gasteiger partial charge >= 0.3 is 0 Å². The van der Waals surface area contributed by atoms with Gasteiger partial charge < -0.3 is 15.8 Å². The molecule has 0 bridgehead atoms. The zero-order valence-electron chi connectivity index (χ0n) is 14.7. The summed E-state index contributed by atoms with van der Waals surface area (Å²) in [6.45, 7) is 0.762. The molecular weight excluding hydrogens is 328 g/mol. The first-order valence-corrected chi connectivity index (χ1v) is 9.06. The van der Waals surface area contributed by atoms with Crippen molar-refractivity contribution in [2.24, 2.45) is 11.7 Å². The molecule has 2 aromatic carbocycles. The molecule has 5 heteroatoms. The molecule has 2 amide bonds. The molecule has 26 heavy (non-hydrogen) atoms. The fraction of sp³-hybridized carbons (Fsp3) is 0.333. The van der Waals surface area contributed by atoms with Crippen LogP contribution in [0.3, 0.4) is 0 Å². The predicted octanol–water partition coefficient (Wildman–Crippen LogP) is 4.00. The van der Waals surface area contributed by atoms with Gasteiger partial charge in [-0.15, -0.1) is 0 Å².